The van der Waals surface area contributed by atoms with Crippen LogP contribution in [0.2, 0.25) is 0 Å². The summed E-state index contributed by atoms with van der Waals surface area (Å²) >= 11 is 0. The predicted molar refractivity (Wildman–Crippen MR) is 66.9 cm³/mol. The van der Waals surface area contributed by atoms with Crippen LogP contribution in [0.3, 0.4) is 0 Å². The van der Waals surface area contributed by atoms with E-state index in [0.717, 1.165) is 32.1 Å². The smallest absolute Gasteiger partial charge is 0.307 e. The van der Waals surface area contributed by atoms with Crippen molar-refractivity contribution in [3.63, 3.8) is 0 Å². The van der Waals surface area contributed by atoms with Gasteiger partial charge in [-0.3, -0.25) is 9.59 Å². The van der Waals surface area contributed by atoms with Gasteiger partial charge in [-0.25, -0.2) is 0 Å². The Morgan fingerprint density at radius 1 is 1.29 bits per heavy atom. The second-order valence-corrected chi connectivity index (χ2v) is 4.30. The van der Waals surface area contributed by atoms with Gasteiger partial charge in [0.1, 0.15) is 0 Å². The molecular weight excluding hydrogens is 244 g/mol. The van der Waals surface area contributed by atoms with Gasteiger partial charge in [-0.15, -0.1) is 12.4 Å². The van der Waals surface area contributed by atoms with Gasteiger partial charge in [0.05, 0.1) is 19.1 Å². The van der Waals surface area contributed by atoms with E-state index in [-0.39, 0.29) is 30.7 Å². The van der Waals surface area contributed by atoms with Crippen LogP contribution in [0.5, 0.6) is 0 Å². The first-order chi connectivity index (χ1) is 7.58. The van der Waals surface area contributed by atoms with E-state index in [1.165, 1.54) is 7.11 Å². The summed E-state index contributed by atoms with van der Waals surface area (Å²) in [4.78, 5) is 22.6. The van der Waals surface area contributed by atoms with Crippen molar-refractivity contribution in [3.8, 4) is 0 Å². The Balaban J connectivity index is 0.00000256. The van der Waals surface area contributed by atoms with Crippen molar-refractivity contribution in [2.45, 2.75) is 44.1 Å². The van der Waals surface area contributed by atoms with E-state index in [2.05, 4.69) is 10.1 Å². The Morgan fingerprint density at radius 3 is 2.41 bits per heavy atom. The first kappa shape index (κ1) is 16.2. The van der Waals surface area contributed by atoms with Gasteiger partial charge in [0.2, 0.25) is 5.91 Å². The lowest BCUT2D eigenvalue weighted by Gasteiger charge is -2.31. The van der Waals surface area contributed by atoms with Crippen molar-refractivity contribution in [2.75, 3.05) is 13.7 Å². The van der Waals surface area contributed by atoms with E-state index in [1.807, 2.05) is 0 Å². The molecule has 6 heteroatoms. The van der Waals surface area contributed by atoms with E-state index in [9.17, 15) is 9.59 Å². The van der Waals surface area contributed by atoms with Crippen molar-refractivity contribution in [3.05, 3.63) is 0 Å². The van der Waals surface area contributed by atoms with Gasteiger partial charge in [0.25, 0.3) is 0 Å². The van der Waals surface area contributed by atoms with Crippen molar-refractivity contribution >= 4 is 24.3 Å². The van der Waals surface area contributed by atoms with Crippen LogP contribution in [-0.2, 0) is 14.3 Å². The van der Waals surface area contributed by atoms with Gasteiger partial charge in [0, 0.05) is 6.54 Å². The molecule has 0 aromatic rings. The lowest BCUT2D eigenvalue weighted by Crippen LogP contribution is -2.55. The number of hydrogen-bond acceptors (Lipinski definition) is 4. The minimum Gasteiger partial charge on any atom is -0.469 e. The van der Waals surface area contributed by atoms with Gasteiger partial charge in [-0.05, 0) is 12.8 Å². The molecule has 0 spiro atoms. The fraction of sp³-hybridized carbons (Fsp3) is 0.818. The van der Waals surface area contributed by atoms with Crippen LogP contribution in [0.1, 0.15) is 38.5 Å². The first-order valence-corrected chi connectivity index (χ1v) is 5.72. The lowest BCUT2D eigenvalue weighted by molar-refractivity contribution is -0.140. The third kappa shape index (κ3) is 4.91. The Hall–Kier alpha value is -0.810. The number of rotatable bonds is 4. The summed E-state index contributed by atoms with van der Waals surface area (Å²) < 4.78 is 4.48. The monoisotopic (exact) mass is 264 g/mol. The van der Waals surface area contributed by atoms with E-state index in [0.29, 0.717) is 6.54 Å². The molecule has 0 aliphatic heterocycles. The highest BCUT2D eigenvalue weighted by Crippen LogP contribution is 2.25. The van der Waals surface area contributed by atoms with Gasteiger partial charge < -0.3 is 15.8 Å². The fourth-order valence-electron chi connectivity index (χ4n) is 1.97. The summed E-state index contributed by atoms with van der Waals surface area (Å²) in [6, 6.07) is 0. The molecule has 100 valence electrons. The number of hydrogen-bond donors (Lipinski definition) is 2. The van der Waals surface area contributed by atoms with Gasteiger partial charge in [-0.1, -0.05) is 19.3 Å². The largest absolute Gasteiger partial charge is 0.469 e. The molecule has 1 amide bonds. The van der Waals surface area contributed by atoms with E-state index in [1.54, 1.807) is 0 Å². The topological polar surface area (TPSA) is 81.4 Å². The van der Waals surface area contributed by atoms with Crippen molar-refractivity contribution < 1.29 is 14.3 Å². The quantitative estimate of drug-likeness (QED) is 0.734. The number of halogens is 1. The maximum absolute atomic E-state index is 11.8. The number of carbonyl (C=O) groups excluding carboxylic acids is 2. The summed E-state index contributed by atoms with van der Waals surface area (Å²) in [7, 11) is 1.33. The molecule has 3 N–H and O–H groups in total. The van der Waals surface area contributed by atoms with Crippen molar-refractivity contribution in [2.24, 2.45) is 5.73 Å². The summed E-state index contributed by atoms with van der Waals surface area (Å²) in [5.41, 5.74) is 5.30. The number of esters is 1. The normalized spacial score (nSPS) is 17.8. The SMILES string of the molecule is COC(=O)CCNC(=O)C1(N)CCCCC1.Cl. The number of ether oxygens (including phenoxy) is 1. The highest BCUT2D eigenvalue weighted by atomic mass is 35.5. The number of nitrogens with one attached hydrogen (secondary N) is 1. The van der Waals surface area contributed by atoms with Crippen molar-refractivity contribution in [1.82, 2.24) is 5.32 Å². The Kier molecular flexibility index (Phi) is 7.15. The van der Waals surface area contributed by atoms with E-state index in [4.69, 9.17) is 5.73 Å². The molecule has 1 aliphatic carbocycles. The molecule has 0 aromatic heterocycles. The minimum absolute atomic E-state index is 0. The van der Waals surface area contributed by atoms with Gasteiger partial charge in [-0.2, -0.15) is 0 Å². The van der Waals surface area contributed by atoms with Crippen LogP contribution in [0.25, 0.3) is 0 Å². The Labute approximate surface area is 108 Å². The molecule has 17 heavy (non-hydrogen) atoms. The second-order valence-electron chi connectivity index (χ2n) is 4.30. The zero-order valence-corrected chi connectivity index (χ0v) is 11.0. The third-order valence-corrected chi connectivity index (χ3v) is 3.04. The van der Waals surface area contributed by atoms with Gasteiger partial charge >= 0.3 is 5.97 Å². The molecule has 1 fully saturated rings. The number of carbonyl (C=O) groups is 2. The average molecular weight is 265 g/mol. The molecule has 5 nitrogen and oxygen atoms in total. The molecule has 0 aromatic carbocycles. The maximum Gasteiger partial charge on any atom is 0.307 e. The third-order valence-electron chi connectivity index (χ3n) is 3.04. The molecule has 0 saturated heterocycles. The Bertz CT molecular complexity index is 265. The Morgan fingerprint density at radius 2 is 1.88 bits per heavy atom. The van der Waals surface area contributed by atoms with Crippen LogP contribution >= 0.6 is 12.4 Å². The van der Waals surface area contributed by atoms with Gasteiger partial charge in [0.15, 0.2) is 0 Å². The zero-order chi connectivity index (χ0) is 12.0. The number of amides is 1. The molecule has 0 radical (unpaired) electrons. The second kappa shape index (κ2) is 7.50. The fourth-order valence-corrected chi connectivity index (χ4v) is 1.97. The van der Waals surface area contributed by atoms with Crippen LogP contribution in [0.15, 0.2) is 0 Å². The molecule has 0 bridgehead atoms. The summed E-state index contributed by atoms with van der Waals surface area (Å²) in [5, 5.41) is 2.69. The minimum atomic E-state index is -0.728. The number of methoxy groups -OCH3 is 1. The van der Waals surface area contributed by atoms with E-state index < -0.39 is 5.54 Å². The van der Waals surface area contributed by atoms with Crippen LogP contribution < -0.4 is 11.1 Å². The molecular formula is C11H21ClN2O3. The zero-order valence-electron chi connectivity index (χ0n) is 10.2. The van der Waals surface area contributed by atoms with Crippen LogP contribution in [0.4, 0.5) is 0 Å². The lowest BCUT2D eigenvalue weighted by atomic mass is 9.82. The van der Waals surface area contributed by atoms with Crippen molar-refractivity contribution in [1.29, 1.82) is 0 Å². The molecule has 1 rings (SSSR count). The molecule has 0 heterocycles. The molecule has 1 aliphatic rings. The number of nitrogens with two attached hydrogens (primary N) is 1. The summed E-state index contributed by atoms with van der Waals surface area (Å²) in [6.07, 6.45) is 4.81. The average Bonchev–Trinajstić information content (AvgIpc) is 2.29. The summed E-state index contributed by atoms with van der Waals surface area (Å²) in [5.74, 6) is -0.467. The maximum atomic E-state index is 11.8. The first-order valence-electron chi connectivity index (χ1n) is 5.72. The predicted octanol–water partition coefficient (Wildman–Crippen LogP) is 0.749. The highest BCUT2D eigenvalue weighted by Gasteiger charge is 2.34. The highest BCUT2D eigenvalue weighted by molar-refractivity contribution is 5.86. The standard InChI is InChI=1S/C11H20N2O3.ClH/c1-16-9(14)5-8-13-10(15)11(12)6-3-2-4-7-11;/h2-8,12H2,1H3,(H,13,15);1H. The molecule has 0 unspecified atom stereocenters. The van der Waals surface area contributed by atoms with Crippen LogP contribution in [0, 0.1) is 0 Å². The molecule has 0 atom stereocenters. The van der Waals surface area contributed by atoms with Crippen LogP contribution in [-0.4, -0.2) is 31.1 Å². The van der Waals surface area contributed by atoms with E-state index >= 15 is 0 Å². The summed E-state index contributed by atoms with van der Waals surface area (Å²) in [6.45, 7) is 0.296. The molecule has 1 saturated carbocycles.